The number of carbonyl (C=O) groups excluding carboxylic acids is 3. The fraction of sp³-hybridized carbons (Fsp3) is 0.0741. The van der Waals surface area contributed by atoms with Crippen LogP contribution in [0.2, 0.25) is 0 Å². The van der Waals surface area contributed by atoms with Crippen molar-refractivity contribution in [2.75, 3.05) is 10.2 Å². The molecule has 1 aliphatic heterocycles. The lowest BCUT2D eigenvalue weighted by atomic mass is 9.93. The summed E-state index contributed by atoms with van der Waals surface area (Å²) in [6, 6.07) is 21.1. The van der Waals surface area contributed by atoms with Gasteiger partial charge in [-0.2, -0.15) is 0 Å². The highest BCUT2D eigenvalue weighted by Crippen LogP contribution is 2.42. The van der Waals surface area contributed by atoms with Crippen molar-refractivity contribution < 1.29 is 19.5 Å². The second-order valence-electron chi connectivity index (χ2n) is 8.04. The molecule has 0 atom stereocenters. The Morgan fingerprint density at radius 3 is 2.35 bits per heavy atom. The van der Waals surface area contributed by atoms with Crippen LogP contribution in [0.1, 0.15) is 33.2 Å². The quantitative estimate of drug-likeness (QED) is 0.372. The molecule has 6 nitrogen and oxygen atoms in total. The van der Waals surface area contributed by atoms with Gasteiger partial charge in [-0.3, -0.25) is 14.4 Å². The van der Waals surface area contributed by atoms with Gasteiger partial charge in [-0.05, 0) is 66.4 Å². The lowest BCUT2D eigenvalue weighted by Gasteiger charge is -2.29. The Labute approximate surface area is 200 Å². The van der Waals surface area contributed by atoms with Crippen molar-refractivity contribution in [3.8, 4) is 5.75 Å². The van der Waals surface area contributed by atoms with Crippen LogP contribution in [-0.4, -0.2) is 22.8 Å². The maximum atomic E-state index is 13.5. The SMILES string of the molecule is CC(=O)Nc1ccccc1Sc1ccc2c3c(cccc13)C(=O)N(c1ccc(O)cc1C)C2=O. The zero-order valence-corrected chi connectivity index (χ0v) is 19.3. The molecule has 4 aromatic rings. The van der Waals surface area contributed by atoms with Gasteiger partial charge in [-0.1, -0.05) is 36.0 Å². The molecule has 3 amide bonds. The fourth-order valence-corrected chi connectivity index (χ4v) is 5.26. The number of amides is 3. The van der Waals surface area contributed by atoms with Crippen LogP contribution in [0.5, 0.6) is 5.75 Å². The molecule has 168 valence electrons. The van der Waals surface area contributed by atoms with Gasteiger partial charge in [0.15, 0.2) is 0 Å². The second-order valence-corrected chi connectivity index (χ2v) is 9.12. The Balaban J connectivity index is 1.62. The third kappa shape index (κ3) is 3.60. The predicted molar refractivity (Wildman–Crippen MR) is 133 cm³/mol. The second kappa shape index (κ2) is 8.35. The molecule has 4 aromatic carbocycles. The van der Waals surface area contributed by atoms with Crippen LogP contribution < -0.4 is 10.2 Å². The smallest absolute Gasteiger partial charge is 0.265 e. The third-order valence-corrected chi connectivity index (χ3v) is 6.86. The summed E-state index contributed by atoms with van der Waals surface area (Å²) >= 11 is 1.46. The number of phenolic OH excluding ortho intramolecular Hbond substituents is 1. The summed E-state index contributed by atoms with van der Waals surface area (Å²) in [5.41, 5.74) is 2.65. The molecule has 0 aromatic heterocycles. The van der Waals surface area contributed by atoms with Crippen LogP contribution in [0, 0.1) is 6.92 Å². The molecule has 0 aliphatic carbocycles. The number of hydrogen-bond donors (Lipinski definition) is 2. The van der Waals surface area contributed by atoms with Crippen molar-refractivity contribution in [3.05, 3.63) is 89.5 Å². The number of nitrogens with zero attached hydrogens (tertiary/aromatic N) is 1. The van der Waals surface area contributed by atoms with Crippen molar-refractivity contribution in [1.82, 2.24) is 0 Å². The molecule has 1 aliphatic rings. The van der Waals surface area contributed by atoms with E-state index in [1.165, 1.54) is 35.7 Å². The number of para-hydroxylation sites is 1. The Bertz CT molecular complexity index is 1490. The fourth-order valence-electron chi connectivity index (χ4n) is 4.23. The summed E-state index contributed by atoms with van der Waals surface area (Å²) in [5.74, 6) is -0.900. The maximum absolute atomic E-state index is 13.5. The van der Waals surface area contributed by atoms with Gasteiger partial charge in [-0.25, -0.2) is 4.90 Å². The van der Waals surface area contributed by atoms with Gasteiger partial charge < -0.3 is 10.4 Å². The van der Waals surface area contributed by atoms with E-state index in [4.69, 9.17) is 0 Å². The summed E-state index contributed by atoms with van der Waals surface area (Å²) in [7, 11) is 0. The van der Waals surface area contributed by atoms with Gasteiger partial charge in [0.1, 0.15) is 5.75 Å². The van der Waals surface area contributed by atoms with E-state index in [0.29, 0.717) is 33.5 Å². The van der Waals surface area contributed by atoms with Gasteiger partial charge in [-0.15, -0.1) is 0 Å². The van der Waals surface area contributed by atoms with Gasteiger partial charge in [0.05, 0.1) is 11.4 Å². The van der Waals surface area contributed by atoms with Crippen LogP contribution >= 0.6 is 11.8 Å². The molecule has 0 saturated carbocycles. The first kappa shape index (κ1) is 21.7. The number of benzene rings is 4. The Morgan fingerprint density at radius 2 is 1.62 bits per heavy atom. The lowest BCUT2D eigenvalue weighted by molar-refractivity contribution is -0.114. The Hall–Kier alpha value is -4.10. The number of aryl methyl sites for hydroxylation is 1. The van der Waals surface area contributed by atoms with Crippen molar-refractivity contribution in [1.29, 1.82) is 0 Å². The minimum atomic E-state index is -0.405. The molecule has 34 heavy (non-hydrogen) atoms. The van der Waals surface area contributed by atoms with E-state index in [9.17, 15) is 19.5 Å². The average Bonchev–Trinajstić information content (AvgIpc) is 2.80. The van der Waals surface area contributed by atoms with E-state index < -0.39 is 11.8 Å². The molecule has 0 radical (unpaired) electrons. The van der Waals surface area contributed by atoms with Gasteiger partial charge in [0, 0.05) is 33.2 Å². The van der Waals surface area contributed by atoms with Crippen LogP contribution in [0.3, 0.4) is 0 Å². The predicted octanol–water partition coefficient (Wildman–Crippen LogP) is 5.76. The zero-order valence-electron chi connectivity index (χ0n) is 18.5. The van der Waals surface area contributed by atoms with E-state index in [0.717, 1.165) is 15.2 Å². The summed E-state index contributed by atoms with van der Waals surface area (Å²) in [5, 5.41) is 14.0. The molecule has 0 spiro atoms. The first-order valence-electron chi connectivity index (χ1n) is 10.6. The first-order valence-corrected chi connectivity index (χ1v) is 11.5. The number of imide groups is 1. The van der Waals surface area contributed by atoms with Gasteiger partial charge in [0.2, 0.25) is 5.91 Å². The summed E-state index contributed by atoms with van der Waals surface area (Å²) in [6.07, 6.45) is 0. The highest BCUT2D eigenvalue weighted by atomic mass is 32.2. The standard InChI is InChI=1S/C27H20N2O4S/c1-15-14-17(31)10-12-22(15)29-26(32)19-7-5-6-18-23(13-11-20(25(18)19)27(29)33)34-24-9-4-3-8-21(24)28-16(2)30/h3-14,31H,1-2H3,(H,28,30). The molecule has 5 rings (SSSR count). The Kier molecular flexibility index (Phi) is 5.34. The number of aromatic hydroxyl groups is 1. The molecular formula is C27H20N2O4S. The topological polar surface area (TPSA) is 86.7 Å². The molecule has 2 N–H and O–H groups in total. The van der Waals surface area contributed by atoms with Crippen LogP contribution in [-0.2, 0) is 4.79 Å². The van der Waals surface area contributed by atoms with Crippen molar-refractivity contribution in [2.45, 2.75) is 23.6 Å². The summed E-state index contributed by atoms with van der Waals surface area (Å²) in [6.45, 7) is 3.21. The number of hydrogen-bond acceptors (Lipinski definition) is 5. The van der Waals surface area contributed by atoms with Gasteiger partial charge in [0.25, 0.3) is 11.8 Å². The minimum Gasteiger partial charge on any atom is -0.508 e. The number of carbonyl (C=O) groups is 3. The minimum absolute atomic E-state index is 0.0712. The lowest BCUT2D eigenvalue weighted by Crippen LogP contribution is -2.40. The molecular weight excluding hydrogens is 448 g/mol. The van der Waals surface area contributed by atoms with Crippen LogP contribution in [0.4, 0.5) is 11.4 Å². The molecule has 1 heterocycles. The third-order valence-electron chi connectivity index (χ3n) is 5.71. The van der Waals surface area contributed by atoms with E-state index in [-0.39, 0.29) is 11.7 Å². The Morgan fingerprint density at radius 1 is 0.882 bits per heavy atom. The van der Waals surface area contributed by atoms with Crippen molar-refractivity contribution >= 4 is 51.6 Å². The largest absolute Gasteiger partial charge is 0.508 e. The zero-order chi connectivity index (χ0) is 24.0. The first-order chi connectivity index (χ1) is 16.3. The highest BCUT2D eigenvalue weighted by Gasteiger charge is 2.35. The van der Waals surface area contributed by atoms with Crippen molar-refractivity contribution in [2.24, 2.45) is 0 Å². The van der Waals surface area contributed by atoms with E-state index in [1.807, 2.05) is 36.4 Å². The summed E-state index contributed by atoms with van der Waals surface area (Å²) < 4.78 is 0. The summed E-state index contributed by atoms with van der Waals surface area (Å²) in [4.78, 5) is 41.5. The van der Waals surface area contributed by atoms with Crippen LogP contribution in [0.25, 0.3) is 10.8 Å². The number of phenols is 1. The van der Waals surface area contributed by atoms with E-state index >= 15 is 0 Å². The highest BCUT2D eigenvalue weighted by molar-refractivity contribution is 7.99. The number of nitrogens with one attached hydrogen (secondary N) is 1. The van der Waals surface area contributed by atoms with Crippen LogP contribution in [0.15, 0.2) is 82.6 Å². The molecule has 0 unspecified atom stereocenters. The monoisotopic (exact) mass is 468 g/mol. The molecule has 0 bridgehead atoms. The maximum Gasteiger partial charge on any atom is 0.265 e. The van der Waals surface area contributed by atoms with E-state index in [1.54, 1.807) is 31.2 Å². The number of rotatable bonds is 4. The van der Waals surface area contributed by atoms with Crippen molar-refractivity contribution in [3.63, 3.8) is 0 Å². The number of anilines is 2. The molecule has 0 saturated heterocycles. The normalized spacial score (nSPS) is 12.8. The molecule has 7 heteroatoms. The molecule has 0 fully saturated rings. The average molecular weight is 469 g/mol. The van der Waals surface area contributed by atoms with Gasteiger partial charge >= 0.3 is 0 Å². The van der Waals surface area contributed by atoms with E-state index in [2.05, 4.69) is 5.32 Å².